The fraction of sp³-hybridized carbons (Fsp3) is 1.00. The Hall–Kier alpha value is -0.440. The van der Waals surface area contributed by atoms with E-state index in [1.165, 1.54) is 0 Å². The second kappa shape index (κ2) is 5.56. The molecule has 0 rings (SSSR count). The van der Waals surface area contributed by atoms with Gasteiger partial charge in [0, 0.05) is 6.61 Å². The monoisotopic (exact) mass is 103 g/mol. The summed E-state index contributed by atoms with van der Waals surface area (Å²) in [4.78, 5) is 9.30. The van der Waals surface area contributed by atoms with Crippen molar-refractivity contribution in [2.24, 2.45) is 5.18 Å². The number of ether oxygens (including phenoxy) is 1. The molecule has 0 aromatic rings. The van der Waals surface area contributed by atoms with Crippen molar-refractivity contribution in [1.29, 1.82) is 0 Å². The molecule has 0 aliphatic rings. The minimum Gasteiger partial charge on any atom is -0.356 e. The van der Waals surface area contributed by atoms with Crippen LogP contribution in [0.5, 0.6) is 0 Å². The van der Waals surface area contributed by atoms with Crippen LogP contribution in [0, 0.1) is 4.91 Å². The summed E-state index contributed by atoms with van der Waals surface area (Å²) in [6.45, 7) is 2.60. The van der Waals surface area contributed by atoms with E-state index in [0.717, 1.165) is 6.42 Å². The van der Waals surface area contributed by atoms with Crippen LogP contribution in [0.4, 0.5) is 0 Å². The number of hydrogen-bond donors (Lipinski definition) is 0. The Morgan fingerprint density at radius 3 is 2.86 bits per heavy atom. The Balaban J connectivity index is 2.56. The summed E-state index contributed by atoms with van der Waals surface area (Å²) >= 11 is 0. The van der Waals surface area contributed by atoms with E-state index < -0.39 is 0 Å². The third-order valence-electron chi connectivity index (χ3n) is 0.492. The van der Waals surface area contributed by atoms with Gasteiger partial charge in [0.05, 0.1) is 0 Å². The highest BCUT2D eigenvalue weighted by molar-refractivity contribution is 4.24. The minimum atomic E-state index is -0.00611. The molecule has 0 aromatic heterocycles. The standard InChI is InChI=1S/C4H9NO2/c1-2-3-7-4-5-6/h2-4H2,1H3. The molecule has 0 bridgehead atoms. The van der Waals surface area contributed by atoms with Gasteiger partial charge >= 0.3 is 0 Å². The fourth-order valence-corrected chi connectivity index (χ4v) is 0.246. The van der Waals surface area contributed by atoms with Crippen molar-refractivity contribution >= 4 is 0 Å². The highest BCUT2D eigenvalue weighted by Crippen LogP contribution is 1.78. The molecule has 0 aliphatic carbocycles. The van der Waals surface area contributed by atoms with Gasteiger partial charge in [-0.25, -0.2) is 0 Å². The Morgan fingerprint density at radius 2 is 2.43 bits per heavy atom. The van der Waals surface area contributed by atoms with Crippen LogP contribution in [0.1, 0.15) is 13.3 Å². The SMILES string of the molecule is CCCOCN=O. The van der Waals surface area contributed by atoms with Crippen molar-refractivity contribution in [2.75, 3.05) is 13.3 Å². The van der Waals surface area contributed by atoms with E-state index in [9.17, 15) is 4.91 Å². The smallest absolute Gasteiger partial charge is 0.179 e. The van der Waals surface area contributed by atoms with Gasteiger partial charge in [-0.3, -0.25) is 0 Å². The van der Waals surface area contributed by atoms with Crippen LogP contribution in [0.2, 0.25) is 0 Å². The second-order valence-electron chi connectivity index (χ2n) is 1.17. The summed E-state index contributed by atoms with van der Waals surface area (Å²) in [6.07, 6.45) is 0.940. The molecular weight excluding hydrogens is 94.0 g/mol. The first kappa shape index (κ1) is 6.56. The Kier molecular flexibility index (Phi) is 5.21. The van der Waals surface area contributed by atoms with Crippen molar-refractivity contribution in [3.63, 3.8) is 0 Å². The van der Waals surface area contributed by atoms with Crippen LogP contribution in [0.25, 0.3) is 0 Å². The van der Waals surface area contributed by atoms with Gasteiger partial charge in [0.15, 0.2) is 6.73 Å². The molecule has 0 saturated carbocycles. The maximum Gasteiger partial charge on any atom is 0.179 e. The van der Waals surface area contributed by atoms with Crippen molar-refractivity contribution in [2.45, 2.75) is 13.3 Å². The lowest BCUT2D eigenvalue weighted by Crippen LogP contribution is -1.90. The maximum absolute atomic E-state index is 9.30. The Labute approximate surface area is 42.6 Å². The number of hydrogen-bond acceptors (Lipinski definition) is 3. The largest absolute Gasteiger partial charge is 0.356 e. The van der Waals surface area contributed by atoms with E-state index in [0.29, 0.717) is 6.61 Å². The molecule has 0 atom stereocenters. The molecule has 3 nitrogen and oxygen atoms in total. The molecule has 0 radical (unpaired) electrons. The normalized spacial score (nSPS) is 8.71. The van der Waals surface area contributed by atoms with Crippen LogP contribution in [-0.4, -0.2) is 13.3 Å². The Morgan fingerprint density at radius 1 is 1.71 bits per heavy atom. The molecule has 42 valence electrons. The molecule has 0 amide bonds. The van der Waals surface area contributed by atoms with Gasteiger partial charge in [-0.1, -0.05) is 6.92 Å². The molecule has 3 heteroatoms. The summed E-state index contributed by atoms with van der Waals surface area (Å²) in [5.74, 6) is 0. The van der Waals surface area contributed by atoms with E-state index in [-0.39, 0.29) is 6.73 Å². The number of nitrogens with zero attached hydrogens (tertiary/aromatic N) is 1. The third-order valence-corrected chi connectivity index (χ3v) is 0.492. The zero-order chi connectivity index (χ0) is 5.54. The lowest BCUT2D eigenvalue weighted by Gasteiger charge is -1.89. The van der Waals surface area contributed by atoms with Crippen LogP contribution in [-0.2, 0) is 4.74 Å². The fourth-order valence-electron chi connectivity index (χ4n) is 0.246. The summed E-state index contributed by atoms with van der Waals surface area (Å²) in [6, 6.07) is 0. The molecule has 7 heavy (non-hydrogen) atoms. The second-order valence-corrected chi connectivity index (χ2v) is 1.17. The van der Waals surface area contributed by atoms with Crippen molar-refractivity contribution in [1.82, 2.24) is 0 Å². The molecule has 0 aliphatic heterocycles. The first-order valence-corrected chi connectivity index (χ1v) is 2.28. The molecule has 0 saturated heterocycles. The van der Waals surface area contributed by atoms with Crippen LogP contribution >= 0.6 is 0 Å². The average Bonchev–Trinajstić information content (AvgIpc) is 1.69. The topological polar surface area (TPSA) is 38.7 Å². The number of rotatable bonds is 4. The summed E-state index contributed by atoms with van der Waals surface area (Å²) in [5.41, 5.74) is 0. The summed E-state index contributed by atoms with van der Waals surface area (Å²) < 4.78 is 4.65. The van der Waals surface area contributed by atoms with Crippen LogP contribution < -0.4 is 0 Å². The minimum absolute atomic E-state index is 0.00611. The summed E-state index contributed by atoms with van der Waals surface area (Å²) in [5, 5.41) is 2.50. The third kappa shape index (κ3) is 5.56. The highest BCUT2D eigenvalue weighted by atomic mass is 16.5. The molecule has 0 spiro atoms. The van der Waals surface area contributed by atoms with Gasteiger partial charge in [-0.05, 0) is 11.6 Å². The molecule has 0 N–H and O–H groups in total. The van der Waals surface area contributed by atoms with E-state index >= 15 is 0 Å². The zero-order valence-corrected chi connectivity index (χ0v) is 4.39. The predicted octanol–water partition coefficient (Wildman–Crippen LogP) is 1.14. The van der Waals surface area contributed by atoms with Crippen molar-refractivity contribution in [3.05, 3.63) is 4.91 Å². The molecule has 0 fully saturated rings. The van der Waals surface area contributed by atoms with E-state index in [2.05, 4.69) is 9.91 Å². The van der Waals surface area contributed by atoms with Crippen LogP contribution in [0.3, 0.4) is 0 Å². The van der Waals surface area contributed by atoms with Gasteiger partial charge in [-0.2, -0.15) is 0 Å². The lowest BCUT2D eigenvalue weighted by atomic mass is 10.5. The quantitative estimate of drug-likeness (QED) is 0.395. The molecule has 0 aromatic carbocycles. The molecule has 0 heterocycles. The van der Waals surface area contributed by atoms with Gasteiger partial charge in [0.2, 0.25) is 0 Å². The average molecular weight is 103 g/mol. The zero-order valence-electron chi connectivity index (χ0n) is 4.39. The van der Waals surface area contributed by atoms with Gasteiger partial charge in [-0.15, -0.1) is 4.91 Å². The van der Waals surface area contributed by atoms with E-state index in [1.807, 2.05) is 6.92 Å². The lowest BCUT2D eigenvalue weighted by molar-refractivity contribution is 0.142. The Bertz CT molecular complexity index is 47.0. The van der Waals surface area contributed by atoms with E-state index in [1.54, 1.807) is 0 Å². The van der Waals surface area contributed by atoms with Crippen LogP contribution in [0.15, 0.2) is 5.18 Å². The van der Waals surface area contributed by atoms with Crippen molar-refractivity contribution < 1.29 is 4.74 Å². The predicted molar refractivity (Wildman–Crippen MR) is 26.9 cm³/mol. The van der Waals surface area contributed by atoms with Crippen molar-refractivity contribution in [3.8, 4) is 0 Å². The summed E-state index contributed by atoms with van der Waals surface area (Å²) in [7, 11) is 0. The first-order chi connectivity index (χ1) is 3.41. The number of nitroso groups, excluding NO2 is 1. The molecular formula is C4H9NO2. The highest BCUT2D eigenvalue weighted by Gasteiger charge is 1.78. The maximum atomic E-state index is 9.30. The molecule has 0 unspecified atom stereocenters. The van der Waals surface area contributed by atoms with E-state index in [4.69, 9.17) is 0 Å². The van der Waals surface area contributed by atoms with Gasteiger partial charge in [0.1, 0.15) is 0 Å². The first-order valence-electron chi connectivity index (χ1n) is 2.28. The van der Waals surface area contributed by atoms with Gasteiger partial charge < -0.3 is 4.74 Å². The van der Waals surface area contributed by atoms with Gasteiger partial charge in [0.25, 0.3) is 0 Å².